The highest BCUT2D eigenvalue weighted by molar-refractivity contribution is 5.33. The van der Waals surface area contributed by atoms with Crippen molar-refractivity contribution in [1.29, 1.82) is 0 Å². The number of hydrogen-bond donors (Lipinski definition) is 1. The molecule has 0 aromatic heterocycles. The molecule has 21 heavy (non-hydrogen) atoms. The highest BCUT2D eigenvalue weighted by atomic mass is 16.5. The molecular weight excluding hydrogens is 260 g/mol. The average molecular weight is 290 g/mol. The Bertz CT molecular complexity index is 425. The summed E-state index contributed by atoms with van der Waals surface area (Å²) in [6.45, 7) is 8.79. The Morgan fingerprint density at radius 1 is 1.14 bits per heavy atom. The molecule has 1 aliphatic heterocycles. The van der Waals surface area contributed by atoms with Gasteiger partial charge in [0.05, 0.1) is 6.61 Å². The zero-order valence-electron chi connectivity index (χ0n) is 13.8. The minimum Gasteiger partial charge on any atom is -0.494 e. The fraction of sp³-hybridized carbons (Fsp3) is 0.667. The summed E-state index contributed by atoms with van der Waals surface area (Å²) in [5, 5.41) is 3.38. The quantitative estimate of drug-likeness (QED) is 0.781. The fourth-order valence-electron chi connectivity index (χ4n) is 2.88. The molecule has 0 radical (unpaired) electrons. The number of aryl methyl sites for hydroxylation is 2. The van der Waals surface area contributed by atoms with Crippen molar-refractivity contribution in [3.8, 4) is 5.75 Å². The second-order valence-corrected chi connectivity index (χ2v) is 6.21. The van der Waals surface area contributed by atoms with Gasteiger partial charge in [-0.15, -0.1) is 0 Å². The molecule has 0 unspecified atom stereocenters. The molecule has 0 amide bonds. The van der Waals surface area contributed by atoms with E-state index in [-0.39, 0.29) is 0 Å². The first kappa shape index (κ1) is 16.3. The number of piperidine rings is 1. The lowest BCUT2D eigenvalue weighted by atomic mass is 10.1. The van der Waals surface area contributed by atoms with Crippen molar-refractivity contribution in [2.45, 2.75) is 45.6 Å². The normalized spacial score (nSPS) is 17.1. The third-order valence-electron chi connectivity index (χ3n) is 4.61. The Kier molecular flexibility index (Phi) is 6.52. The molecule has 3 nitrogen and oxygen atoms in total. The molecule has 118 valence electrons. The number of hydrogen-bond acceptors (Lipinski definition) is 3. The molecule has 0 atom stereocenters. The molecule has 1 fully saturated rings. The van der Waals surface area contributed by atoms with Gasteiger partial charge in [0.15, 0.2) is 0 Å². The van der Waals surface area contributed by atoms with Crippen LogP contribution in [0.4, 0.5) is 0 Å². The topological polar surface area (TPSA) is 24.5 Å². The summed E-state index contributed by atoms with van der Waals surface area (Å²) in [7, 11) is 2.07. The largest absolute Gasteiger partial charge is 0.494 e. The first-order valence-electron chi connectivity index (χ1n) is 8.28. The van der Waals surface area contributed by atoms with Crippen molar-refractivity contribution in [2.24, 2.45) is 0 Å². The van der Waals surface area contributed by atoms with Crippen molar-refractivity contribution in [3.63, 3.8) is 0 Å². The molecule has 1 heterocycles. The van der Waals surface area contributed by atoms with Gasteiger partial charge >= 0.3 is 0 Å². The van der Waals surface area contributed by atoms with E-state index in [1.54, 1.807) is 0 Å². The molecule has 1 aromatic carbocycles. The summed E-state index contributed by atoms with van der Waals surface area (Å²) >= 11 is 0. The second kappa shape index (κ2) is 8.40. The van der Waals surface area contributed by atoms with Crippen molar-refractivity contribution < 1.29 is 4.74 Å². The third-order valence-corrected chi connectivity index (χ3v) is 4.61. The van der Waals surface area contributed by atoms with Crippen LogP contribution in [-0.4, -0.2) is 44.2 Å². The van der Waals surface area contributed by atoms with Gasteiger partial charge in [-0.1, -0.05) is 6.07 Å². The Hall–Kier alpha value is -1.06. The minimum absolute atomic E-state index is 0.731. The van der Waals surface area contributed by atoms with Gasteiger partial charge < -0.3 is 15.0 Å². The number of rotatable bonds is 7. The maximum absolute atomic E-state index is 5.84. The van der Waals surface area contributed by atoms with Gasteiger partial charge in [0.1, 0.15) is 5.75 Å². The van der Waals surface area contributed by atoms with Crippen LogP contribution in [0.15, 0.2) is 18.2 Å². The first-order chi connectivity index (χ1) is 10.2. The molecule has 0 aliphatic carbocycles. The molecular formula is C18H30N2O. The maximum Gasteiger partial charge on any atom is 0.119 e. The predicted molar refractivity (Wildman–Crippen MR) is 89.2 cm³/mol. The number of ether oxygens (including phenoxy) is 1. The standard InChI is InChI=1S/C18H30N2O/c1-15-6-7-18(14-16(15)2)21-13-5-4-10-20-11-8-17(19-3)9-12-20/h6-7,14,17,19H,4-5,8-13H2,1-3H3. The Morgan fingerprint density at radius 2 is 1.90 bits per heavy atom. The predicted octanol–water partition coefficient (Wildman–Crippen LogP) is 3.15. The van der Waals surface area contributed by atoms with Crippen LogP contribution >= 0.6 is 0 Å². The van der Waals surface area contributed by atoms with Crippen LogP contribution in [0.2, 0.25) is 0 Å². The zero-order valence-corrected chi connectivity index (χ0v) is 13.8. The van der Waals surface area contributed by atoms with Crippen LogP contribution in [-0.2, 0) is 0 Å². The zero-order chi connectivity index (χ0) is 15.1. The summed E-state index contributed by atoms with van der Waals surface area (Å²) in [5.74, 6) is 1.01. The van der Waals surface area contributed by atoms with Crippen LogP contribution in [0, 0.1) is 13.8 Å². The van der Waals surface area contributed by atoms with Crippen molar-refractivity contribution in [2.75, 3.05) is 33.3 Å². The van der Waals surface area contributed by atoms with Gasteiger partial charge in [0.2, 0.25) is 0 Å². The Morgan fingerprint density at radius 3 is 2.57 bits per heavy atom. The smallest absolute Gasteiger partial charge is 0.119 e. The number of benzene rings is 1. The van der Waals surface area contributed by atoms with E-state index >= 15 is 0 Å². The van der Waals surface area contributed by atoms with E-state index in [9.17, 15) is 0 Å². The lowest BCUT2D eigenvalue weighted by Gasteiger charge is -2.31. The number of nitrogens with one attached hydrogen (secondary N) is 1. The van der Waals surface area contributed by atoms with Gasteiger partial charge in [0, 0.05) is 6.04 Å². The SMILES string of the molecule is CNC1CCN(CCCCOc2ccc(C)c(C)c2)CC1. The van der Waals surface area contributed by atoms with E-state index < -0.39 is 0 Å². The summed E-state index contributed by atoms with van der Waals surface area (Å²) in [4.78, 5) is 2.59. The van der Waals surface area contributed by atoms with E-state index in [2.05, 4.69) is 49.3 Å². The average Bonchev–Trinajstić information content (AvgIpc) is 2.51. The highest BCUT2D eigenvalue weighted by Gasteiger charge is 2.16. The van der Waals surface area contributed by atoms with Gasteiger partial charge in [-0.2, -0.15) is 0 Å². The van der Waals surface area contributed by atoms with E-state index in [0.717, 1.165) is 24.8 Å². The first-order valence-corrected chi connectivity index (χ1v) is 8.28. The van der Waals surface area contributed by atoms with Gasteiger partial charge in [-0.3, -0.25) is 0 Å². The molecule has 3 heteroatoms. The molecule has 1 N–H and O–H groups in total. The van der Waals surface area contributed by atoms with Crippen LogP contribution < -0.4 is 10.1 Å². The van der Waals surface area contributed by atoms with Crippen LogP contribution in [0.5, 0.6) is 5.75 Å². The van der Waals surface area contributed by atoms with Crippen LogP contribution in [0.25, 0.3) is 0 Å². The van der Waals surface area contributed by atoms with E-state index in [0.29, 0.717) is 0 Å². The summed E-state index contributed by atoms with van der Waals surface area (Å²) in [5.41, 5.74) is 2.63. The molecule has 1 aromatic rings. The molecule has 1 saturated heterocycles. The van der Waals surface area contributed by atoms with Crippen LogP contribution in [0.3, 0.4) is 0 Å². The highest BCUT2D eigenvalue weighted by Crippen LogP contribution is 2.17. The van der Waals surface area contributed by atoms with Crippen molar-refractivity contribution in [1.82, 2.24) is 10.2 Å². The van der Waals surface area contributed by atoms with Gasteiger partial charge in [-0.25, -0.2) is 0 Å². The maximum atomic E-state index is 5.84. The number of nitrogens with zero attached hydrogens (tertiary/aromatic N) is 1. The molecule has 2 rings (SSSR count). The third kappa shape index (κ3) is 5.33. The minimum atomic E-state index is 0.731. The van der Waals surface area contributed by atoms with Crippen molar-refractivity contribution in [3.05, 3.63) is 29.3 Å². The van der Waals surface area contributed by atoms with Crippen molar-refractivity contribution >= 4 is 0 Å². The fourth-order valence-corrected chi connectivity index (χ4v) is 2.88. The number of likely N-dealkylation sites (tertiary alicyclic amines) is 1. The van der Waals surface area contributed by atoms with Crippen LogP contribution in [0.1, 0.15) is 36.8 Å². The summed E-state index contributed by atoms with van der Waals surface area (Å²) < 4.78 is 5.84. The summed E-state index contributed by atoms with van der Waals surface area (Å²) in [6, 6.07) is 7.08. The Labute approximate surface area is 129 Å². The number of unbranched alkanes of at least 4 members (excludes halogenated alkanes) is 1. The second-order valence-electron chi connectivity index (χ2n) is 6.21. The summed E-state index contributed by atoms with van der Waals surface area (Å²) in [6.07, 6.45) is 4.94. The lowest BCUT2D eigenvalue weighted by Crippen LogP contribution is -2.41. The van der Waals surface area contributed by atoms with Gasteiger partial charge in [0.25, 0.3) is 0 Å². The molecule has 0 spiro atoms. The molecule has 0 bridgehead atoms. The lowest BCUT2D eigenvalue weighted by molar-refractivity contribution is 0.193. The van der Waals surface area contributed by atoms with E-state index in [1.807, 2.05) is 0 Å². The van der Waals surface area contributed by atoms with Gasteiger partial charge in [-0.05, 0) is 89.5 Å². The Balaban J connectivity index is 1.57. The molecule has 0 saturated carbocycles. The monoisotopic (exact) mass is 290 g/mol. The van der Waals surface area contributed by atoms with E-state index in [1.165, 1.54) is 50.0 Å². The molecule has 1 aliphatic rings. The van der Waals surface area contributed by atoms with E-state index in [4.69, 9.17) is 4.74 Å².